The summed E-state index contributed by atoms with van der Waals surface area (Å²) in [5, 5.41) is 5.00. The van der Waals surface area contributed by atoms with Gasteiger partial charge in [-0.2, -0.15) is 0 Å². The Morgan fingerprint density at radius 3 is 1.38 bits per heavy atom. The third-order valence-corrected chi connectivity index (χ3v) is 12.1. The van der Waals surface area contributed by atoms with Gasteiger partial charge in [-0.3, -0.25) is 0 Å². The van der Waals surface area contributed by atoms with E-state index in [1.165, 1.54) is 87.0 Å². The van der Waals surface area contributed by atoms with Crippen LogP contribution in [0, 0.1) is 0 Å². The van der Waals surface area contributed by atoms with Gasteiger partial charge in [-0.25, -0.2) is 0 Å². The van der Waals surface area contributed by atoms with Gasteiger partial charge in [0.25, 0.3) is 0 Å². The lowest BCUT2D eigenvalue weighted by Crippen LogP contribution is -1.95. The Bertz CT molecular complexity index is 2860. The fourth-order valence-corrected chi connectivity index (χ4v) is 9.73. The van der Waals surface area contributed by atoms with Crippen LogP contribution in [0.5, 0.6) is 0 Å². The van der Waals surface area contributed by atoms with Crippen LogP contribution in [0.3, 0.4) is 0 Å². The molecule has 0 radical (unpaired) electrons. The number of hydrogen-bond acceptors (Lipinski definition) is 1. The lowest BCUT2D eigenvalue weighted by atomic mass is 10.0. The van der Waals surface area contributed by atoms with Crippen LogP contribution in [0.15, 0.2) is 180 Å². The monoisotopic (exact) mass is 720 g/mol. The standard InChI is InChI=1S/C46H29BrN2S/c47-43-44(46(31-16-6-2-7-17-31)50-45(43)30-14-4-1-5-15-30)49-40-23-13-11-21-36(40)38-29-33(25-27-42(38)49)32-24-26-41-37(28-32)35-20-10-12-22-39(35)48(41)34-18-8-3-9-19-34/h1-29H. The molecule has 0 aliphatic carbocycles. The Kier molecular flexibility index (Phi) is 6.86. The van der Waals surface area contributed by atoms with Crippen LogP contribution in [-0.4, -0.2) is 9.13 Å². The maximum absolute atomic E-state index is 4.13. The van der Waals surface area contributed by atoms with Gasteiger partial charge in [0.1, 0.15) is 0 Å². The lowest BCUT2D eigenvalue weighted by molar-refractivity contribution is 1.18. The van der Waals surface area contributed by atoms with E-state index >= 15 is 0 Å². The number of benzene rings is 7. The number of hydrogen-bond donors (Lipinski definition) is 0. The van der Waals surface area contributed by atoms with Gasteiger partial charge in [0, 0.05) is 27.2 Å². The highest BCUT2D eigenvalue weighted by Gasteiger charge is 2.24. The molecule has 7 aromatic carbocycles. The molecule has 0 spiro atoms. The third kappa shape index (κ3) is 4.53. The molecule has 0 saturated carbocycles. The average molecular weight is 722 g/mol. The van der Waals surface area contributed by atoms with Crippen molar-refractivity contribution in [1.29, 1.82) is 0 Å². The Balaban J connectivity index is 1.20. The first-order valence-corrected chi connectivity index (χ1v) is 18.4. The largest absolute Gasteiger partial charge is 0.309 e. The van der Waals surface area contributed by atoms with E-state index in [0.29, 0.717) is 0 Å². The van der Waals surface area contributed by atoms with Crippen molar-refractivity contribution in [2.75, 3.05) is 0 Å². The zero-order chi connectivity index (χ0) is 33.2. The van der Waals surface area contributed by atoms with E-state index in [2.05, 4.69) is 201 Å². The Morgan fingerprint density at radius 1 is 0.360 bits per heavy atom. The van der Waals surface area contributed by atoms with Crippen LogP contribution >= 0.6 is 27.3 Å². The van der Waals surface area contributed by atoms with Crippen LogP contribution in [0.25, 0.3) is 87.0 Å². The fourth-order valence-electron chi connectivity index (χ4n) is 7.56. The molecule has 10 rings (SSSR count). The van der Waals surface area contributed by atoms with E-state index in [-0.39, 0.29) is 0 Å². The van der Waals surface area contributed by atoms with E-state index in [4.69, 9.17) is 0 Å². The zero-order valence-electron chi connectivity index (χ0n) is 26.9. The number of rotatable bonds is 5. The number of thiophene rings is 1. The zero-order valence-corrected chi connectivity index (χ0v) is 29.3. The number of fused-ring (bicyclic) bond motifs is 6. The second kappa shape index (κ2) is 11.7. The smallest absolute Gasteiger partial charge is 0.0797 e. The van der Waals surface area contributed by atoms with Gasteiger partial charge in [-0.15, -0.1) is 11.3 Å². The molecule has 0 N–H and O–H groups in total. The highest BCUT2D eigenvalue weighted by atomic mass is 79.9. The van der Waals surface area contributed by atoms with Gasteiger partial charge in [0.2, 0.25) is 0 Å². The molecule has 50 heavy (non-hydrogen) atoms. The fraction of sp³-hybridized carbons (Fsp3) is 0. The van der Waals surface area contributed by atoms with E-state index in [9.17, 15) is 0 Å². The Labute approximate surface area is 302 Å². The minimum absolute atomic E-state index is 1.11. The number of para-hydroxylation sites is 3. The van der Waals surface area contributed by atoms with E-state index < -0.39 is 0 Å². The van der Waals surface area contributed by atoms with E-state index in [1.54, 1.807) is 0 Å². The second-order valence-corrected chi connectivity index (χ2v) is 14.5. The van der Waals surface area contributed by atoms with Gasteiger partial charge >= 0.3 is 0 Å². The molecule has 0 amide bonds. The van der Waals surface area contributed by atoms with Crippen molar-refractivity contribution in [3.8, 4) is 43.4 Å². The maximum atomic E-state index is 4.13. The highest BCUT2D eigenvalue weighted by Crippen LogP contribution is 2.50. The molecule has 4 heteroatoms. The van der Waals surface area contributed by atoms with Crippen LogP contribution in [0.2, 0.25) is 0 Å². The topological polar surface area (TPSA) is 9.86 Å². The van der Waals surface area contributed by atoms with Crippen molar-refractivity contribution in [3.63, 3.8) is 0 Å². The number of aromatic nitrogens is 2. The first-order valence-electron chi connectivity index (χ1n) is 16.8. The number of halogens is 1. The molecule has 10 aromatic rings. The second-order valence-electron chi connectivity index (χ2n) is 12.7. The molecule has 3 heterocycles. The van der Waals surface area contributed by atoms with Crippen molar-refractivity contribution < 1.29 is 0 Å². The molecular weight excluding hydrogens is 692 g/mol. The van der Waals surface area contributed by atoms with Crippen LogP contribution in [0.4, 0.5) is 0 Å². The molecule has 0 fully saturated rings. The van der Waals surface area contributed by atoms with Crippen LogP contribution < -0.4 is 0 Å². The third-order valence-electron chi connectivity index (χ3n) is 9.81. The molecule has 2 nitrogen and oxygen atoms in total. The minimum Gasteiger partial charge on any atom is -0.309 e. The summed E-state index contributed by atoms with van der Waals surface area (Å²) in [6, 6.07) is 63.6. The summed E-state index contributed by atoms with van der Waals surface area (Å²) >= 11 is 5.97. The average Bonchev–Trinajstić information content (AvgIpc) is 3.82. The van der Waals surface area contributed by atoms with Crippen molar-refractivity contribution in [2.24, 2.45) is 0 Å². The van der Waals surface area contributed by atoms with Crippen molar-refractivity contribution in [2.45, 2.75) is 0 Å². The lowest BCUT2D eigenvalue weighted by Gasteiger charge is -2.11. The molecule has 3 aromatic heterocycles. The Hall–Kier alpha value is -5.68. The van der Waals surface area contributed by atoms with Gasteiger partial charge in [-0.1, -0.05) is 127 Å². The van der Waals surface area contributed by atoms with Crippen LogP contribution in [-0.2, 0) is 0 Å². The molecular formula is C46H29BrN2S. The highest BCUT2D eigenvalue weighted by molar-refractivity contribution is 9.10. The summed E-state index contributed by atoms with van der Waals surface area (Å²) < 4.78 is 5.94. The summed E-state index contributed by atoms with van der Waals surface area (Å²) in [5.41, 5.74) is 12.0. The Morgan fingerprint density at radius 2 is 0.800 bits per heavy atom. The maximum Gasteiger partial charge on any atom is 0.0797 e. The summed E-state index contributed by atoms with van der Waals surface area (Å²) in [7, 11) is 0. The van der Waals surface area contributed by atoms with Crippen molar-refractivity contribution in [3.05, 3.63) is 180 Å². The minimum atomic E-state index is 1.11. The number of nitrogens with zero attached hydrogens (tertiary/aromatic N) is 2. The molecule has 0 unspecified atom stereocenters. The molecule has 236 valence electrons. The first kappa shape index (κ1) is 29.3. The quantitative estimate of drug-likeness (QED) is 0.167. The normalized spacial score (nSPS) is 11.7. The first-order chi connectivity index (χ1) is 24.7. The van der Waals surface area contributed by atoms with Gasteiger partial charge in [0.15, 0.2) is 0 Å². The summed E-state index contributed by atoms with van der Waals surface area (Å²) in [4.78, 5) is 2.47. The predicted molar refractivity (Wildman–Crippen MR) is 217 cm³/mol. The van der Waals surface area contributed by atoms with Crippen molar-refractivity contribution >= 4 is 70.9 Å². The van der Waals surface area contributed by atoms with Gasteiger partial charge in [0.05, 0.1) is 42.0 Å². The molecule has 0 saturated heterocycles. The predicted octanol–water partition coefficient (Wildman–Crippen LogP) is 13.7. The molecule has 0 atom stereocenters. The summed E-state index contributed by atoms with van der Waals surface area (Å²) in [6.45, 7) is 0. The SMILES string of the molecule is Brc1c(-c2ccccc2)sc(-c2ccccc2)c1-n1c2ccccc2c2cc(-c3ccc4c(c3)c3ccccc3n4-c3ccccc3)ccc21. The van der Waals surface area contributed by atoms with E-state index in [1.807, 2.05) is 11.3 Å². The molecule has 0 aliphatic heterocycles. The van der Waals surface area contributed by atoms with Crippen molar-refractivity contribution in [1.82, 2.24) is 9.13 Å². The molecule has 0 aliphatic rings. The van der Waals surface area contributed by atoms with Gasteiger partial charge < -0.3 is 9.13 Å². The van der Waals surface area contributed by atoms with E-state index in [0.717, 1.165) is 4.47 Å². The summed E-state index contributed by atoms with van der Waals surface area (Å²) in [5.74, 6) is 0. The van der Waals surface area contributed by atoms with Gasteiger partial charge in [-0.05, 0) is 86.7 Å². The summed E-state index contributed by atoms with van der Waals surface area (Å²) in [6.07, 6.45) is 0. The molecule has 0 bridgehead atoms. The van der Waals surface area contributed by atoms with Crippen LogP contribution in [0.1, 0.15) is 0 Å².